The lowest BCUT2D eigenvalue weighted by atomic mass is 10.2. The molecule has 17 heavy (non-hydrogen) atoms. The van der Waals surface area contributed by atoms with E-state index >= 15 is 0 Å². The van der Waals surface area contributed by atoms with Crippen molar-refractivity contribution in [1.82, 2.24) is 5.32 Å². The van der Waals surface area contributed by atoms with E-state index in [9.17, 15) is 0 Å². The van der Waals surface area contributed by atoms with Gasteiger partial charge in [0.05, 0.1) is 6.61 Å². The Morgan fingerprint density at radius 2 is 2.18 bits per heavy atom. The van der Waals surface area contributed by atoms with Crippen molar-refractivity contribution in [3.05, 3.63) is 29.8 Å². The molecule has 0 radical (unpaired) electrons. The summed E-state index contributed by atoms with van der Waals surface area (Å²) < 4.78 is 5.48. The topological polar surface area (TPSA) is 21.3 Å². The van der Waals surface area contributed by atoms with Crippen molar-refractivity contribution in [2.45, 2.75) is 26.3 Å². The van der Waals surface area contributed by atoms with Gasteiger partial charge in [0.15, 0.2) is 0 Å². The number of nitrogens with one attached hydrogen (secondary N) is 1. The van der Waals surface area contributed by atoms with E-state index in [0.717, 1.165) is 25.4 Å². The Balaban J connectivity index is 2.19. The molecule has 0 saturated carbocycles. The van der Waals surface area contributed by atoms with Gasteiger partial charge in [0.2, 0.25) is 0 Å². The highest BCUT2D eigenvalue weighted by Gasteiger charge is 1.96. The van der Waals surface area contributed by atoms with Gasteiger partial charge < -0.3 is 10.1 Å². The van der Waals surface area contributed by atoms with Crippen LogP contribution in [0.3, 0.4) is 0 Å². The number of benzene rings is 1. The van der Waals surface area contributed by atoms with Crippen LogP contribution in [0.2, 0.25) is 0 Å². The molecule has 0 heterocycles. The van der Waals surface area contributed by atoms with Crippen molar-refractivity contribution < 1.29 is 4.74 Å². The average Bonchev–Trinajstić information content (AvgIpc) is 2.35. The molecule has 0 bridgehead atoms. The molecule has 2 nitrogen and oxygen atoms in total. The third kappa shape index (κ3) is 6.59. The minimum atomic E-state index is 0.728. The summed E-state index contributed by atoms with van der Waals surface area (Å²) in [6, 6.07) is 8.30. The molecule has 0 atom stereocenters. The second-order valence-electron chi connectivity index (χ2n) is 3.96. The summed E-state index contributed by atoms with van der Waals surface area (Å²) in [6.45, 7) is 4.77. The largest absolute Gasteiger partial charge is 0.494 e. The summed E-state index contributed by atoms with van der Waals surface area (Å²) in [5.74, 6) is 2.23. The lowest BCUT2D eigenvalue weighted by Crippen LogP contribution is -2.14. The zero-order valence-electron chi connectivity index (χ0n) is 10.9. The fourth-order valence-electron chi connectivity index (χ4n) is 1.64. The van der Waals surface area contributed by atoms with Gasteiger partial charge in [0.25, 0.3) is 0 Å². The van der Waals surface area contributed by atoms with Crippen LogP contribution in [0.15, 0.2) is 24.3 Å². The number of hydrogen-bond acceptors (Lipinski definition) is 3. The second-order valence-corrected chi connectivity index (χ2v) is 4.94. The third-order valence-electron chi connectivity index (χ3n) is 2.49. The van der Waals surface area contributed by atoms with Gasteiger partial charge in [-0.05, 0) is 56.0 Å². The first-order chi connectivity index (χ1) is 8.36. The molecule has 1 aromatic rings. The second kappa shape index (κ2) is 9.37. The number of ether oxygens (including phenoxy) is 1. The van der Waals surface area contributed by atoms with Crippen molar-refractivity contribution >= 4 is 11.8 Å². The maximum absolute atomic E-state index is 5.48. The molecule has 0 aliphatic rings. The number of rotatable bonds is 9. The van der Waals surface area contributed by atoms with Crippen molar-refractivity contribution in [2.24, 2.45) is 0 Å². The smallest absolute Gasteiger partial charge is 0.119 e. The molecular formula is C14H23NOS. The maximum Gasteiger partial charge on any atom is 0.119 e. The minimum absolute atomic E-state index is 0.728. The van der Waals surface area contributed by atoms with Crippen LogP contribution in [0, 0.1) is 0 Å². The molecule has 1 N–H and O–H groups in total. The van der Waals surface area contributed by atoms with Crippen LogP contribution < -0.4 is 10.1 Å². The van der Waals surface area contributed by atoms with Crippen LogP contribution in [-0.4, -0.2) is 25.2 Å². The Bertz CT molecular complexity index is 304. The van der Waals surface area contributed by atoms with Gasteiger partial charge in [-0.1, -0.05) is 12.1 Å². The van der Waals surface area contributed by atoms with E-state index in [2.05, 4.69) is 29.8 Å². The van der Waals surface area contributed by atoms with Crippen LogP contribution in [0.1, 0.15) is 25.3 Å². The van der Waals surface area contributed by atoms with Crippen LogP contribution in [-0.2, 0) is 6.54 Å². The Morgan fingerprint density at radius 1 is 1.29 bits per heavy atom. The first-order valence-electron chi connectivity index (χ1n) is 6.28. The first-order valence-corrected chi connectivity index (χ1v) is 7.67. The van der Waals surface area contributed by atoms with Gasteiger partial charge in [0.1, 0.15) is 5.75 Å². The highest BCUT2D eigenvalue weighted by molar-refractivity contribution is 7.98. The van der Waals surface area contributed by atoms with E-state index in [1.807, 2.05) is 24.8 Å². The Kier molecular flexibility index (Phi) is 7.93. The van der Waals surface area contributed by atoms with E-state index in [1.54, 1.807) is 0 Å². The zero-order valence-corrected chi connectivity index (χ0v) is 11.7. The lowest BCUT2D eigenvalue weighted by molar-refractivity contribution is 0.340. The van der Waals surface area contributed by atoms with E-state index in [1.165, 1.54) is 24.2 Å². The van der Waals surface area contributed by atoms with Crippen molar-refractivity contribution in [1.29, 1.82) is 0 Å². The average molecular weight is 253 g/mol. The van der Waals surface area contributed by atoms with Crippen molar-refractivity contribution in [2.75, 3.05) is 25.2 Å². The molecule has 1 aromatic carbocycles. The third-order valence-corrected chi connectivity index (χ3v) is 3.19. The molecule has 0 aromatic heterocycles. The fraction of sp³-hybridized carbons (Fsp3) is 0.571. The van der Waals surface area contributed by atoms with Crippen LogP contribution in [0.5, 0.6) is 5.75 Å². The molecule has 0 aliphatic carbocycles. The summed E-state index contributed by atoms with van der Waals surface area (Å²) in [5, 5.41) is 3.47. The molecule has 0 fully saturated rings. The highest BCUT2D eigenvalue weighted by atomic mass is 32.2. The first kappa shape index (κ1) is 14.4. The molecule has 1 rings (SSSR count). The molecule has 3 heteroatoms. The number of unbranched alkanes of at least 4 members (excludes halogenated alkanes) is 1. The Labute approximate surface area is 109 Å². The summed E-state index contributed by atoms with van der Waals surface area (Å²) in [7, 11) is 0. The van der Waals surface area contributed by atoms with Gasteiger partial charge in [-0.15, -0.1) is 0 Å². The van der Waals surface area contributed by atoms with Crippen LogP contribution >= 0.6 is 11.8 Å². The zero-order chi connectivity index (χ0) is 12.3. The molecule has 0 saturated heterocycles. The maximum atomic E-state index is 5.48. The number of thioether (sulfide) groups is 1. The molecule has 0 amide bonds. The van der Waals surface area contributed by atoms with Gasteiger partial charge in [-0.3, -0.25) is 0 Å². The van der Waals surface area contributed by atoms with Gasteiger partial charge >= 0.3 is 0 Å². The number of hydrogen-bond donors (Lipinski definition) is 1. The van der Waals surface area contributed by atoms with Crippen molar-refractivity contribution in [3.63, 3.8) is 0 Å². The van der Waals surface area contributed by atoms with E-state index in [4.69, 9.17) is 4.74 Å². The summed E-state index contributed by atoms with van der Waals surface area (Å²) in [6.07, 6.45) is 4.71. The van der Waals surface area contributed by atoms with E-state index in [-0.39, 0.29) is 0 Å². The van der Waals surface area contributed by atoms with Gasteiger partial charge in [-0.25, -0.2) is 0 Å². The fourth-order valence-corrected chi connectivity index (χ4v) is 2.13. The Hall–Kier alpha value is -0.670. The normalized spacial score (nSPS) is 10.5. The van der Waals surface area contributed by atoms with Gasteiger partial charge in [0, 0.05) is 6.54 Å². The summed E-state index contributed by atoms with van der Waals surface area (Å²) in [4.78, 5) is 0. The van der Waals surface area contributed by atoms with Crippen molar-refractivity contribution in [3.8, 4) is 5.75 Å². The predicted molar refractivity (Wildman–Crippen MR) is 76.9 cm³/mol. The summed E-state index contributed by atoms with van der Waals surface area (Å²) >= 11 is 1.92. The van der Waals surface area contributed by atoms with Crippen LogP contribution in [0.4, 0.5) is 0 Å². The summed E-state index contributed by atoms with van der Waals surface area (Å²) in [5.41, 5.74) is 1.29. The molecule has 0 unspecified atom stereocenters. The molecule has 0 spiro atoms. The minimum Gasteiger partial charge on any atom is -0.494 e. The molecule has 0 aliphatic heterocycles. The molecule has 96 valence electrons. The SMILES string of the molecule is CCOc1cccc(CNCCCCSC)c1. The monoisotopic (exact) mass is 253 g/mol. The predicted octanol–water partition coefficient (Wildman–Crippen LogP) is 3.32. The van der Waals surface area contributed by atoms with E-state index < -0.39 is 0 Å². The van der Waals surface area contributed by atoms with Crippen LogP contribution in [0.25, 0.3) is 0 Å². The highest BCUT2D eigenvalue weighted by Crippen LogP contribution is 2.12. The Morgan fingerprint density at radius 3 is 2.94 bits per heavy atom. The van der Waals surface area contributed by atoms with E-state index in [0.29, 0.717) is 0 Å². The standard InChI is InChI=1S/C14H23NOS/c1-3-16-14-8-6-7-13(11-14)12-15-9-4-5-10-17-2/h6-8,11,15H,3-5,9-10,12H2,1-2H3. The quantitative estimate of drug-likeness (QED) is 0.682. The van der Waals surface area contributed by atoms with Gasteiger partial charge in [-0.2, -0.15) is 11.8 Å². The lowest BCUT2D eigenvalue weighted by Gasteiger charge is -2.07. The molecular weight excluding hydrogens is 230 g/mol.